The quantitative estimate of drug-likeness (QED) is 0.438. The first-order chi connectivity index (χ1) is 7.57. The zero-order valence-electron chi connectivity index (χ0n) is 10.2. The van der Waals surface area contributed by atoms with Crippen LogP contribution in [0.5, 0.6) is 0 Å². The first kappa shape index (κ1) is 12.7. The van der Waals surface area contributed by atoms with E-state index in [2.05, 4.69) is 36.4 Å². The van der Waals surface area contributed by atoms with E-state index in [9.17, 15) is 4.79 Å². The Hall–Kier alpha value is 0.200. The number of ether oxygens (including phenoxy) is 1. The predicted molar refractivity (Wildman–Crippen MR) is 72.6 cm³/mol. The zero-order chi connectivity index (χ0) is 11.8. The molecule has 1 heterocycles. The molecule has 92 valence electrons. The molecule has 1 aliphatic heterocycles. The number of hydrogen-bond donors (Lipinski definition) is 0. The Morgan fingerprint density at radius 1 is 1.56 bits per heavy atom. The molecule has 0 aromatic heterocycles. The molecule has 0 amide bonds. The highest BCUT2D eigenvalue weighted by molar-refractivity contribution is 14.1. The van der Waals surface area contributed by atoms with Crippen LogP contribution in [-0.2, 0) is 9.53 Å². The number of alkyl halides is 1. The van der Waals surface area contributed by atoms with Crippen LogP contribution >= 0.6 is 22.6 Å². The van der Waals surface area contributed by atoms with Gasteiger partial charge >= 0.3 is 5.97 Å². The third kappa shape index (κ3) is 2.24. The summed E-state index contributed by atoms with van der Waals surface area (Å²) in [6, 6.07) is 0. The molecule has 2 fully saturated rings. The van der Waals surface area contributed by atoms with Crippen LogP contribution in [0, 0.1) is 17.3 Å². The van der Waals surface area contributed by atoms with E-state index in [1.54, 1.807) is 0 Å². The molecule has 3 unspecified atom stereocenters. The van der Waals surface area contributed by atoms with Crippen molar-refractivity contribution in [1.29, 1.82) is 0 Å². The smallest absolute Gasteiger partial charge is 0.306 e. The fourth-order valence-electron chi connectivity index (χ4n) is 3.39. The monoisotopic (exact) mass is 336 g/mol. The van der Waals surface area contributed by atoms with Crippen LogP contribution in [-0.4, -0.2) is 16.5 Å². The van der Waals surface area contributed by atoms with Gasteiger partial charge in [0.05, 0.1) is 6.42 Å². The molecular weight excluding hydrogens is 315 g/mol. The van der Waals surface area contributed by atoms with Gasteiger partial charge in [0.25, 0.3) is 0 Å². The Bertz CT molecular complexity index is 277. The molecule has 0 bridgehead atoms. The second kappa shape index (κ2) is 4.83. The Kier molecular flexibility index (Phi) is 3.82. The number of halogens is 1. The summed E-state index contributed by atoms with van der Waals surface area (Å²) in [6.45, 7) is 4.61. The summed E-state index contributed by atoms with van der Waals surface area (Å²) in [5.41, 5.74) is 0.186. The normalized spacial score (nSPS) is 39.4. The highest BCUT2D eigenvalue weighted by Crippen LogP contribution is 2.51. The maximum atomic E-state index is 11.5. The average molecular weight is 336 g/mol. The van der Waals surface area contributed by atoms with E-state index in [4.69, 9.17) is 4.74 Å². The number of hydrogen-bond acceptors (Lipinski definition) is 2. The summed E-state index contributed by atoms with van der Waals surface area (Å²) in [4.78, 5) is 11.5. The van der Waals surface area contributed by atoms with Gasteiger partial charge in [-0.05, 0) is 24.7 Å². The molecule has 3 atom stereocenters. The average Bonchev–Trinajstić information content (AvgIpc) is 2.54. The highest BCUT2D eigenvalue weighted by atomic mass is 127. The summed E-state index contributed by atoms with van der Waals surface area (Å²) >= 11 is 2.36. The summed E-state index contributed by atoms with van der Waals surface area (Å²) in [5.74, 6) is 1.56. The van der Waals surface area contributed by atoms with Crippen LogP contribution in [0.3, 0.4) is 0 Å². The Morgan fingerprint density at radius 2 is 2.31 bits per heavy atom. The Labute approximate surface area is 112 Å². The van der Waals surface area contributed by atoms with Crippen molar-refractivity contribution in [2.24, 2.45) is 17.3 Å². The van der Waals surface area contributed by atoms with Gasteiger partial charge in [-0.25, -0.2) is 0 Å². The fourth-order valence-corrected chi connectivity index (χ4v) is 4.50. The van der Waals surface area contributed by atoms with Crippen molar-refractivity contribution in [1.82, 2.24) is 0 Å². The van der Waals surface area contributed by atoms with Crippen molar-refractivity contribution < 1.29 is 9.53 Å². The molecule has 1 spiro atoms. The molecule has 1 saturated carbocycles. The van der Waals surface area contributed by atoms with Gasteiger partial charge in [-0.2, -0.15) is 0 Å². The first-order valence-corrected chi connectivity index (χ1v) is 7.85. The lowest BCUT2D eigenvalue weighted by Crippen LogP contribution is -2.38. The second-order valence-electron chi connectivity index (χ2n) is 5.77. The predicted octanol–water partition coefficient (Wildman–Crippen LogP) is 3.57. The molecule has 0 N–H and O–H groups in total. The summed E-state index contributed by atoms with van der Waals surface area (Å²) in [7, 11) is 0. The van der Waals surface area contributed by atoms with Crippen molar-refractivity contribution in [2.45, 2.75) is 52.1 Å². The van der Waals surface area contributed by atoms with Gasteiger partial charge in [0.15, 0.2) is 0 Å². The summed E-state index contributed by atoms with van der Waals surface area (Å²) < 4.78 is 6.44. The van der Waals surface area contributed by atoms with Gasteiger partial charge in [0.1, 0.15) is 6.10 Å². The Morgan fingerprint density at radius 3 is 2.94 bits per heavy atom. The molecule has 1 saturated heterocycles. The number of carbonyl (C=O) groups is 1. The molecule has 1 aliphatic carbocycles. The van der Waals surface area contributed by atoms with E-state index in [1.807, 2.05) is 0 Å². The van der Waals surface area contributed by atoms with Crippen molar-refractivity contribution in [3.63, 3.8) is 0 Å². The minimum absolute atomic E-state index is 0.0334. The number of rotatable bonds is 2. The zero-order valence-corrected chi connectivity index (χ0v) is 12.3. The first-order valence-electron chi connectivity index (χ1n) is 6.33. The molecule has 16 heavy (non-hydrogen) atoms. The Balaban J connectivity index is 2.14. The lowest BCUT2D eigenvalue weighted by atomic mass is 9.64. The molecule has 0 aromatic rings. The van der Waals surface area contributed by atoms with Crippen LogP contribution in [0.25, 0.3) is 0 Å². The molecule has 0 aromatic carbocycles. The topological polar surface area (TPSA) is 26.3 Å². The van der Waals surface area contributed by atoms with Gasteiger partial charge in [0.2, 0.25) is 0 Å². The van der Waals surface area contributed by atoms with Crippen LogP contribution in [0.4, 0.5) is 0 Å². The molecular formula is C13H21IO2. The van der Waals surface area contributed by atoms with Crippen LogP contribution in [0.15, 0.2) is 0 Å². The van der Waals surface area contributed by atoms with E-state index >= 15 is 0 Å². The highest BCUT2D eigenvalue weighted by Gasteiger charge is 2.50. The third-order valence-electron chi connectivity index (χ3n) is 4.45. The van der Waals surface area contributed by atoms with E-state index in [-0.39, 0.29) is 17.5 Å². The van der Waals surface area contributed by atoms with E-state index < -0.39 is 0 Å². The molecule has 3 heteroatoms. The second-order valence-corrected chi connectivity index (χ2v) is 6.65. The minimum Gasteiger partial charge on any atom is -0.461 e. The van der Waals surface area contributed by atoms with Crippen molar-refractivity contribution in [3.05, 3.63) is 0 Å². The van der Waals surface area contributed by atoms with E-state index in [0.29, 0.717) is 6.42 Å². The summed E-state index contributed by atoms with van der Waals surface area (Å²) in [6.07, 6.45) is 5.85. The standard InChI is InChI=1S/C13H21IO2/c1-9(2)10-4-3-5-13(6-10)7-12(15)16-11(13)8-14/h9-11H,3-8H2,1-2H3. The lowest BCUT2D eigenvalue weighted by molar-refractivity contribution is -0.140. The molecule has 2 aliphatic rings. The van der Waals surface area contributed by atoms with E-state index in [0.717, 1.165) is 16.3 Å². The molecule has 2 nitrogen and oxygen atoms in total. The number of esters is 1. The van der Waals surface area contributed by atoms with Gasteiger partial charge < -0.3 is 4.74 Å². The van der Waals surface area contributed by atoms with Gasteiger partial charge in [-0.1, -0.05) is 49.3 Å². The number of carbonyl (C=O) groups excluding carboxylic acids is 1. The van der Waals surface area contributed by atoms with Crippen LogP contribution in [0.1, 0.15) is 46.0 Å². The number of cyclic esters (lactones) is 1. The maximum Gasteiger partial charge on any atom is 0.306 e. The maximum absolute atomic E-state index is 11.5. The van der Waals surface area contributed by atoms with Gasteiger partial charge in [-0.3, -0.25) is 4.79 Å². The summed E-state index contributed by atoms with van der Waals surface area (Å²) in [5, 5.41) is 0. The van der Waals surface area contributed by atoms with Crippen molar-refractivity contribution >= 4 is 28.6 Å². The largest absolute Gasteiger partial charge is 0.461 e. The molecule has 0 radical (unpaired) electrons. The van der Waals surface area contributed by atoms with Gasteiger partial charge in [-0.15, -0.1) is 0 Å². The van der Waals surface area contributed by atoms with Crippen molar-refractivity contribution in [3.8, 4) is 0 Å². The minimum atomic E-state index is 0.0334. The lowest BCUT2D eigenvalue weighted by Gasteiger charge is -2.41. The van der Waals surface area contributed by atoms with E-state index in [1.165, 1.54) is 25.7 Å². The fraction of sp³-hybridized carbons (Fsp3) is 0.923. The molecule has 2 rings (SSSR count). The van der Waals surface area contributed by atoms with Gasteiger partial charge in [0, 0.05) is 9.84 Å². The van der Waals surface area contributed by atoms with Crippen molar-refractivity contribution in [2.75, 3.05) is 4.43 Å². The van der Waals surface area contributed by atoms with Crippen LogP contribution < -0.4 is 0 Å². The SMILES string of the molecule is CC(C)C1CCCC2(CC(=O)OC2CI)C1. The van der Waals surface area contributed by atoms with Crippen LogP contribution in [0.2, 0.25) is 0 Å². The third-order valence-corrected chi connectivity index (χ3v) is 5.25.